The molecular weight excluding hydrogens is 402 g/mol. The topological polar surface area (TPSA) is 47.6 Å². The third kappa shape index (κ3) is 4.33. The lowest BCUT2D eigenvalue weighted by molar-refractivity contribution is -0.116. The van der Waals surface area contributed by atoms with Gasteiger partial charge >= 0.3 is 0 Å². The van der Waals surface area contributed by atoms with Crippen molar-refractivity contribution in [2.75, 3.05) is 20.8 Å². The minimum Gasteiger partial charge on any atom is -0.493 e. The maximum absolute atomic E-state index is 12.7. The number of rotatable bonds is 6. The van der Waals surface area contributed by atoms with Crippen molar-refractivity contribution in [3.8, 4) is 11.5 Å². The average Bonchev–Trinajstić information content (AvgIpc) is 3.09. The normalized spacial score (nSPS) is 17.8. The van der Waals surface area contributed by atoms with Gasteiger partial charge in [-0.2, -0.15) is 0 Å². The van der Waals surface area contributed by atoms with E-state index in [0.717, 1.165) is 28.6 Å². The van der Waals surface area contributed by atoms with Gasteiger partial charge in [0.25, 0.3) is 5.91 Å². The van der Waals surface area contributed by atoms with Gasteiger partial charge in [-0.15, -0.1) is 23.1 Å². The van der Waals surface area contributed by atoms with Gasteiger partial charge in [-0.25, -0.2) is 0 Å². The minimum atomic E-state index is 0.0286. The Hall–Kier alpha value is -1.92. The summed E-state index contributed by atoms with van der Waals surface area (Å²) in [7, 11) is 3.26. The maximum atomic E-state index is 12.7. The zero-order chi connectivity index (χ0) is 20.4. The van der Waals surface area contributed by atoms with Crippen molar-refractivity contribution in [1.29, 1.82) is 0 Å². The van der Waals surface area contributed by atoms with E-state index in [0.29, 0.717) is 18.0 Å². The van der Waals surface area contributed by atoms with Gasteiger partial charge in [0.2, 0.25) is 0 Å². The van der Waals surface area contributed by atoms with Crippen LogP contribution in [0.1, 0.15) is 39.8 Å². The zero-order valence-corrected chi connectivity index (χ0v) is 18.8. The van der Waals surface area contributed by atoms with Crippen LogP contribution in [0, 0.1) is 5.92 Å². The predicted molar refractivity (Wildman–Crippen MR) is 121 cm³/mol. The third-order valence-corrected chi connectivity index (χ3v) is 7.95. The van der Waals surface area contributed by atoms with E-state index in [2.05, 4.69) is 18.3 Å². The van der Waals surface area contributed by atoms with E-state index < -0.39 is 0 Å². The first-order chi connectivity index (χ1) is 14.1. The first-order valence-corrected chi connectivity index (χ1v) is 11.9. The van der Waals surface area contributed by atoms with Crippen LogP contribution in [0.2, 0.25) is 0 Å². The quantitative estimate of drug-likeness (QED) is 0.714. The number of carbonyl (C=O) groups excluding carboxylic acids is 1. The van der Waals surface area contributed by atoms with E-state index in [1.807, 2.05) is 29.5 Å². The van der Waals surface area contributed by atoms with E-state index in [1.54, 1.807) is 36.4 Å². The standard InChI is InChI=1S/C23H27NO3S2/c1-14-4-6-16-17-13-28-22(12-21(17)29-20(16)10-14)23(25)24-9-8-15-5-7-18(26-2)19(11-15)27-3/h5,7,11-12,14H,4,6,8-10,13H2,1-3H3,(H,24,25)/t14-/m0/s1. The number of benzene rings is 1. The fourth-order valence-corrected chi connectivity index (χ4v) is 6.67. The van der Waals surface area contributed by atoms with Crippen molar-refractivity contribution in [1.82, 2.24) is 5.32 Å². The molecule has 0 unspecified atom stereocenters. The SMILES string of the molecule is COc1ccc(CCNC(=O)C2=Cc3sc4c(c3CS2)CC[C@H](C)C4)cc1OC. The lowest BCUT2D eigenvalue weighted by atomic mass is 9.88. The van der Waals surface area contributed by atoms with Crippen LogP contribution in [0.25, 0.3) is 6.08 Å². The molecule has 2 aromatic rings. The fraction of sp³-hybridized carbons (Fsp3) is 0.435. The Labute approximate surface area is 180 Å². The summed E-state index contributed by atoms with van der Waals surface area (Å²) in [5.41, 5.74) is 4.15. The molecule has 1 aromatic heterocycles. The Balaban J connectivity index is 1.38. The number of nitrogens with one attached hydrogen (secondary N) is 1. The van der Waals surface area contributed by atoms with E-state index in [1.165, 1.54) is 29.7 Å². The number of fused-ring (bicyclic) bond motifs is 3. The van der Waals surface area contributed by atoms with Crippen LogP contribution in [0.15, 0.2) is 23.1 Å². The monoisotopic (exact) mass is 429 g/mol. The minimum absolute atomic E-state index is 0.0286. The molecule has 0 saturated carbocycles. The largest absolute Gasteiger partial charge is 0.493 e. The summed E-state index contributed by atoms with van der Waals surface area (Å²) in [5, 5.41) is 3.07. The van der Waals surface area contributed by atoms with Crippen LogP contribution in [0.4, 0.5) is 0 Å². The molecule has 2 aliphatic rings. The molecule has 1 aromatic carbocycles. The van der Waals surface area contributed by atoms with Gasteiger partial charge in [0.15, 0.2) is 11.5 Å². The summed E-state index contributed by atoms with van der Waals surface area (Å²) in [6, 6.07) is 5.87. The van der Waals surface area contributed by atoms with Crippen molar-refractivity contribution in [3.63, 3.8) is 0 Å². The number of methoxy groups -OCH3 is 2. The third-order valence-electron chi connectivity index (χ3n) is 5.66. The van der Waals surface area contributed by atoms with Gasteiger partial charge in [-0.3, -0.25) is 4.79 Å². The summed E-state index contributed by atoms with van der Waals surface area (Å²) in [6.45, 7) is 2.93. The number of amides is 1. The summed E-state index contributed by atoms with van der Waals surface area (Å²) in [4.78, 5) is 16.3. The number of thiophene rings is 1. The molecule has 1 atom stereocenters. The number of hydrogen-bond donors (Lipinski definition) is 1. The Morgan fingerprint density at radius 2 is 2.03 bits per heavy atom. The number of carbonyl (C=O) groups is 1. The second-order valence-corrected chi connectivity index (χ2v) is 9.84. The second kappa shape index (κ2) is 8.84. The average molecular weight is 430 g/mol. The Kier molecular flexibility index (Phi) is 6.20. The van der Waals surface area contributed by atoms with E-state index in [9.17, 15) is 4.79 Å². The Bertz CT molecular complexity index is 948. The molecule has 4 nitrogen and oxygen atoms in total. The summed E-state index contributed by atoms with van der Waals surface area (Å²) in [5.74, 6) is 3.16. The number of thioether (sulfide) groups is 1. The van der Waals surface area contributed by atoms with Crippen molar-refractivity contribution in [2.24, 2.45) is 5.92 Å². The molecule has 2 heterocycles. The smallest absolute Gasteiger partial charge is 0.257 e. The van der Waals surface area contributed by atoms with Crippen LogP contribution < -0.4 is 14.8 Å². The van der Waals surface area contributed by atoms with Gasteiger partial charge in [-0.1, -0.05) is 13.0 Å². The summed E-state index contributed by atoms with van der Waals surface area (Å²) in [6.07, 6.45) is 6.53. The molecular formula is C23H27NO3S2. The molecule has 0 fully saturated rings. The molecule has 6 heteroatoms. The molecule has 1 aliphatic heterocycles. The molecule has 0 spiro atoms. The van der Waals surface area contributed by atoms with Crippen LogP contribution in [0.3, 0.4) is 0 Å². The lowest BCUT2D eigenvalue weighted by Gasteiger charge is -2.20. The van der Waals surface area contributed by atoms with E-state index >= 15 is 0 Å². The molecule has 4 rings (SSSR count). The highest BCUT2D eigenvalue weighted by atomic mass is 32.2. The molecule has 0 radical (unpaired) electrons. The van der Waals surface area contributed by atoms with Crippen molar-refractivity contribution < 1.29 is 14.3 Å². The van der Waals surface area contributed by atoms with E-state index in [-0.39, 0.29) is 5.91 Å². The first kappa shape index (κ1) is 20.4. The highest BCUT2D eigenvalue weighted by molar-refractivity contribution is 8.03. The van der Waals surface area contributed by atoms with Crippen molar-refractivity contribution >= 4 is 35.1 Å². The molecule has 1 N–H and O–H groups in total. The van der Waals surface area contributed by atoms with Crippen molar-refractivity contribution in [2.45, 2.75) is 38.4 Å². The maximum Gasteiger partial charge on any atom is 0.257 e. The highest BCUT2D eigenvalue weighted by Gasteiger charge is 2.26. The second-order valence-electron chi connectivity index (χ2n) is 7.69. The number of hydrogen-bond acceptors (Lipinski definition) is 5. The van der Waals surface area contributed by atoms with Gasteiger partial charge in [-0.05, 0) is 66.5 Å². The van der Waals surface area contributed by atoms with Crippen LogP contribution in [-0.4, -0.2) is 26.7 Å². The summed E-state index contributed by atoms with van der Waals surface area (Å²) >= 11 is 3.56. The van der Waals surface area contributed by atoms with Gasteiger partial charge in [0, 0.05) is 22.1 Å². The highest BCUT2D eigenvalue weighted by Crippen LogP contribution is 2.43. The first-order valence-electron chi connectivity index (χ1n) is 10.1. The lowest BCUT2D eigenvalue weighted by Crippen LogP contribution is -2.26. The van der Waals surface area contributed by atoms with Gasteiger partial charge in [0.1, 0.15) is 0 Å². The Morgan fingerprint density at radius 1 is 1.21 bits per heavy atom. The zero-order valence-electron chi connectivity index (χ0n) is 17.2. The fourth-order valence-electron chi connectivity index (χ4n) is 4.00. The molecule has 1 amide bonds. The van der Waals surface area contributed by atoms with Crippen LogP contribution in [0.5, 0.6) is 11.5 Å². The van der Waals surface area contributed by atoms with Crippen LogP contribution >= 0.6 is 23.1 Å². The van der Waals surface area contributed by atoms with Gasteiger partial charge in [0.05, 0.1) is 19.1 Å². The number of ether oxygens (including phenoxy) is 2. The molecule has 29 heavy (non-hydrogen) atoms. The van der Waals surface area contributed by atoms with Crippen molar-refractivity contribution in [3.05, 3.63) is 49.5 Å². The summed E-state index contributed by atoms with van der Waals surface area (Å²) < 4.78 is 10.6. The molecule has 0 saturated heterocycles. The molecule has 0 bridgehead atoms. The predicted octanol–water partition coefficient (Wildman–Crippen LogP) is 4.84. The van der Waals surface area contributed by atoms with Crippen LogP contribution in [-0.2, 0) is 29.8 Å². The molecule has 1 aliphatic carbocycles. The van der Waals surface area contributed by atoms with E-state index in [4.69, 9.17) is 9.47 Å². The van der Waals surface area contributed by atoms with Gasteiger partial charge < -0.3 is 14.8 Å². The Morgan fingerprint density at radius 3 is 2.83 bits per heavy atom. The molecule has 154 valence electrons.